The molecule has 0 aliphatic carbocycles. The molecule has 1 aromatic carbocycles. The summed E-state index contributed by atoms with van der Waals surface area (Å²) in [4.78, 5) is 11.5. The van der Waals surface area contributed by atoms with Crippen LogP contribution in [0.4, 0.5) is 0 Å². The van der Waals surface area contributed by atoms with Crippen LogP contribution in [0.3, 0.4) is 0 Å². The molecule has 1 heterocycles. The predicted molar refractivity (Wildman–Crippen MR) is 99.1 cm³/mol. The van der Waals surface area contributed by atoms with Crippen LogP contribution in [-0.2, 0) is 16.8 Å². The quantitative estimate of drug-likeness (QED) is 0.578. The van der Waals surface area contributed by atoms with Crippen LogP contribution in [0.15, 0.2) is 29.4 Å². The molecule has 0 radical (unpaired) electrons. The summed E-state index contributed by atoms with van der Waals surface area (Å²) < 4.78 is 7.08. The smallest absolute Gasteiger partial charge is 0.230 e. The fraction of sp³-hybridized carbons (Fsp3) is 0.471. The van der Waals surface area contributed by atoms with E-state index in [2.05, 4.69) is 48.4 Å². The molecule has 0 aliphatic rings. The third kappa shape index (κ3) is 5.38. The minimum Gasteiger partial charge on any atom is -0.486 e. The molecule has 0 spiro atoms. The highest BCUT2D eigenvalue weighted by Crippen LogP contribution is 2.24. The zero-order chi connectivity index (χ0) is 18.4. The topological polar surface area (TPSA) is 95.1 Å². The van der Waals surface area contributed by atoms with Gasteiger partial charge in [-0.3, -0.25) is 4.79 Å². The van der Waals surface area contributed by atoms with Crippen molar-refractivity contribution in [2.75, 3.05) is 18.1 Å². The van der Waals surface area contributed by atoms with Gasteiger partial charge in [0.25, 0.3) is 0 Å². The number of benzene rings is 1. The van der Waals surface area contributed by atoms with E-state index in [4.69, 9.17) is 10.6 Å². The highest BCUT2D eigenvalue weighted by atomic mass is 32.2. The van der Waals surface area contributed by atoms with Crippen molar-refractivity contribution in [3.63, 3.8) is 0 Å². The van der Waals surface area contributed by atoms with E-state index in [0.29, 0.717) is 17.5 Å². The average Bonchev–Trinajstić information content (AvgIpc) is 2.91. The molecule has 0 unspecified atom stereocenters. The van der Waals surface area contributed by atoms with Crippen molar-refractivity contribution in [1.82, 2.24) is 20.2 Å². The number of thioether (sulfide) groups is 1. The van der Waals surface area contributed by atoms with Gasteiger partial charge >= 0.3 is 0 Å². The number of nitrogens with one attached hydrogen (secondary N) is 1. The Morgan fingerprint density at radius 2 is 1.96 bits per heavy atom. The van der Waals surface area contributed by atoms with Gasteiger partial charge in [-0.25, -0.2) is 4.68 Å². The summed E-state index contributed by atoms with van der Waals surface area (Å²) in [5, 5.41) is 11.2. The second-order valence-corrected chi connectivity index (χ2v) is 7.52. The standard InChI is InChI=1S/C17H25N5O2S/c1-5-19-15(23)11-25-16-21-20-14(22(16)18)10-24-13-8-6-12(7-9-13)17(2,3)4/h6-9H,5,10-11,18H2,1-4H3,(H,19,23). The van der Waals surface area contributed by atoms with Crippen molar-refractivity contribution < 1.29 is 9.53 Å². The molecule has 2 rings (SSSR count). The molecular weight excluding hydrogens is 338 g/mol. The summed E-state index contributed by atoms with van der Waals surface area (Å²) in [5.74, 6) is 7.40. The largest absolute Gasteiger partial charge is 0.486 e. The maximum Gasteiger partial charge on any atom is 0.230 e. The van der Waals surface area contributed by atoms with Gasteiger partial charge in [-0.05, 0) is 30.0 Å². The highest BCUT2D eigenvalue weighted by molar-refractivity contribution is 7.99. The van der Waals surface area contributed by atoms with Gasteiger partial charge in [0.15, 0.2) is 5.82 Å². The first-order valence-corrected chi connectivity index (χ1v) is 9.12. The molecular formula is C17H25N5O2S. The number of hydrogen-bond donors (Lipinski definition) is 2. The Bertz CT molecular complexity index is 707. The molecule has 25 heavy (non-hydrogen) atoms. The fourth-order valence-corrected chi connectivity index (χ4v) is 2.79. The maximum absolute atomic E-state index is 11.5. The Morgan fingerprint density at radius 1 is 1.28 bits per heavy atom. The van der Waals surface area contributed by atoms with E-state index in [1.807, 2.05) is 19.1 Å². The Hall–Kier alpha value is -2.22. The van der Waals surface area contributed by atoms with Gasteiger partial charge in [0.05, 0.1) is 5.75 Å². The molecule has 0 atom stereocenters. The number of hydrogen-bond acceptors (Lipinski definition) is 6. The minimum absolute atomic E-state index is 0.0627. The van der Waals surface area contributed by atoms with E-state index >= 15 is 0 Å². The minimum atomic E-state index is -0.0627. The average molecular weight is 363 g/mol. The normalized spacial score (nSPS) is 11.4. The van der Waals surface area contributed by atoms with Crippen LogP contribution < -0.4 is 15.9 Å². The summed E-state index contributed by atoms with van der Waals surface area (Å²) >= 11 is 1.24. The van der Waals surface area contributed by atoms with E-state index in [9.17, 15) is 4.79 Å². The number of rotatable bonds is 7. The molecule has 7 nitrogen and oxygen atoms in total. The summed E-state index contributed by atoms with van der Waals surface area (Å²) in [5.41, 5.74) is 1.34. The van der Waals surface area contributed by atoms with Gasteiger partial charge in [0.2, 0.25) is 11.1 Å². The summed E-state index contributed by atoms with van der Waals surface area (Å²) in [6.07, 6.45) is 0. The number of nitrogens with two attached hydrogens (primary N) is 1. The first-order chi connectivity index (χ1) is 11.8. The molecule has 3 N–H and O–H groups in total. The summed E-state index contributed by atoms with van der Waals surface area (Å²) in [7, 11) is 0. The van der Waals surface area contributed by atoms with Crippen molar-refractivity contribution in [2.45, 2.75) is 44.9 Å². The molecule has 8 heteroatoms. The molecule has 2 aromatic rings. The lowest BCUT2D eigenvalue weighted by Crippen LogP contribution is -2.25. The lowest BCUT2D eigenvalue weighted by molar-refractivity contribution is -0.118. The van der Waals surface area contributed by atoms with Crippen molar-refractivity contribution in [3.8, 4) is 5.75 Å². The van der Waals surface area contributed by atoms with Crippen LogP contribution in [0.25, 0.3) is 0 Å². The lowest BCUT2D eigenvalue weighted by Gasteiger charge is -2.19. The van der Waals surface area contributed by atoms with E-state index in [1.54, 1.807) is 0 Å². The summed E-state index contributed by atoms with van der Waals surface area (Å²) in [6, 6.07) is 7.97. The molecule has 0 bridgehead atoms. The lowest BCUT2D eigenvalue weighted by atomic mass is 9.87. The fourth-order valence-electron chi connectivity index (χ4n) is 2.08. The predicted octanol–water partition coefficient (Wildman–Crippen LogP) is 2.10. The first-order valence-electron chi connectivity index (χ1n) is 8.13. The van der Waals surface area contributed by atoms with Gasteiger partial charge in [-0.1, -0.05) is 44.7 Å². The molecule has 136 valence electrons. The Labute approximate surface area is 152 Å². The number of amides is 1. The van der Waals surface area contributed by atoms with Gasteiger partial charge in [-0.15, -0.1) is 10.2 Å². The van der Waals surface area contributed by atoms with Crippen LogP contribution in [-0.4, -0.2) is 33.1 Å². The Morgan fingerprint density at radius 3 is 2.56 bits per heavy atom. The maximum atomic E-state index is 11.5. The third-order valence-electron chi connectivity index (χ3n) is 3.53. The van der Waals surface area contributed by atoms with Gasteiger partial charge in [-0.2, -0.15) is 0 Å². The SMILES string of the molecule is CCNC(=O)CSc1nnc(COc2ccc(C(C)(C)C)cc2)n1N. The van der Waals surface area contributed by atoms with Crippen LogP contribution in [0, 0.1) is 0 Å². The molecule has 1 amide bonds. The molecule has 0 aliphatic heterocycles. The van der Waals surface area contributed by atoms with Crippen LogP contribution in [0.2, 0.25) is 0 Å². The molecule has 1 aromatic heterocycles. The van der Waals surface area contributed by atoms with Crippen molar-refractivity contribution >= 4 is 17.7 Å². The second kappa shape index (κ2) is 8.24. The number of nitrogens with zero attached hydrogens (tertiary/aromatic N) is 3. The number of ether oxygens (including phenoxy) is 1. The first kappa shape index (κ1) is 19.1. The van der Waals surface area contributed by atoms with Crippen LogP contribution in [0.1, 0.15) is 39.1 Å². The van der Waals surface area contributed by atoms with Gasteiger partial charge in [0, 0.05) is 6.54 Å². The number of carbonyl (C=O) groups excluding carboxylic acids is 1. The number of aromatic nitrogens is 3. The highest BCUT2D eigenvalue weighted by Gasteiger charge is 2.14. The zero-order valence-electron chi connectivity index (χ0n) is 15.1. The summed E-state index contributed by atoms with van der Waals surface area (Å²) in [6.45, 7) is 9.18. The van der Waals surface area contributed by atoms with E-state index in [0.717, 1.165) is 5.75 Å². The Balaban J connectivity index is 1.92. The molecule has 0 fully saturated rings. The number of carbonyl (C=O) groups is 1. The van der Waals surface area contributed by atoms with Crippen molar-refractivity contribution in [3.05, 3.63) is 35.7 Å². The van der Waals surface area contributed by atoms with Gasteiger partial charge in [0.1, 0.15) is 12.4 Å². The zero-order valence-corrected chi connectivity index (χ0v) is 15.9. The number of nitrogen functional groups attached to an aromatic ring is 1. The van der Waals surface area contributed by atoms with Gasteiger partial charge < -0.3 is 15.9 Å². The van der Waals surface area contributed by atoms with E-state index in [-0.39, 0.29) is 23.7 Å². The Kier molecular flexibility index (Phi) is 6.30. The van der Waals surface area contributed by atoms with Crippen molar-refractivity contribution in [2.24, 2.45) is 0 Å². The van der Waals surface area contributed by atoms with Crippen molar-refractivity contribution in [1.29, 1.82) is 0 Å². The third-order valence-corrected chi connectivity index (χ3v) is 4.47. The van der Waals surface area contributed by atoms with Crippen LogP contribution in [0.5, 0.6) is 5.75 Å². The molecule has 0 saturated carbocycles. The molecule has 0 saturated heterocycles. The van der Waals surface area contributed by atoms with E-state index < -0.39 is 0 Å². The van der Waals surface area contributed by atoms with Crippen LogP contribution >= 0.6 is 11.8 Å². The van der Waals surface area contributed by atoms with E-state index in [1.165, 1.54) is 22.0 Å². The second-order valence-electron chi connectivity index (χ2n) is 6.57. The monoisotopic (exact) mass is 363 g/mol.